The molecule has 1 aliphatic carbocycles. The highest BCUT2D eigenvalue weighted by Gasteiger charge is 2.52. The van der Waals surface area contributed by atoms with Gasteiger partial charge in [-0.1, -0.05) is 67.6 Å². The second kappa shape index (κ2) is 14.5. The van der Waals surface area contributed by atoms with Gasteiger partial charge in [-0.2, -0.15) is 38.1 Å². The van der Waals surface area contributed by atoms with Crippen molar-refractivity contribution in [3.63, 3.8) is 0 Å². The normalized spacial score (nSPS) is 22.2. The van der Waals surface area contributed by atoms with Crippen LogP contribution in [-0.4, -0.2) is 109 Å². The number of benzene rings is 2. The predicted molar refractivity (Wildman–Crippen MR) is 187 cm³/mol. The van der Waals surface area contributed by atoms with Crippen LogP contribution in [0.2, 0.25) is 0 Å². The molecule has 0 radical (unpaired) electrons. The monoisotopic (exact) mass is 718 g/mol. The minimum atomic E-state index is -5.27. The number of nitrogens with one attached hydrogen (secondary N) is 1. The molecule has 4 heterocycles. The number of aliphatic hydroxyl groups excluding tert-OH is 1. The maximum Gasteiger partial charge on any atom is 0.490 e. The van der Waals surface area contributed by atoms with Crippen molar-refractivity contribution < 1.29 is 27.8 Å². The first-order valence-electron chi connectivity index (χ1n) is 17.4. The molecule has 1 saturated heterocycles. The Labute approximate surface area is 298 Å². The fourth-order valence-corrected chi connectivity index (χ4v) is 7.19. The molecule has 5 atom stereocenters. The number of esters is 1. The number of halogens is 3. The molecular formula is C36H41F3N10O3. The molecule has 16 heteroatoms. The first-order chi connectivity index (χ1) is 25.0. The third kappa shape index (κ3) is 7.04. The standard InChI is InChI=1S/C36H41F3N10O3/c1-4-24-18-42-49(45-24)27-17-28(31(30(27)50)52-34(51)36(37,38)39)48-21-41-29-32(43-35(44-33(29)48)47-16-15-25(20-47)46(2)3)40-19-26(22-11-7-5-8-12-22)23-13-9-6-10-14-23/h5-14,18,21,25-28,30-31,50H,4,15-17,19-20H2,1-3H3,(H,40,43,44)/t25-,27+,28-,30-,31+/m1/s1. The molecule has 1 saturated carbocycles. The number of aryl methyl sites for hydroxylation is 1. The fourth-order valence-electron chi connectivity index (χ4n) is 7.19. The van der Waals surface area contributed by atoms with Gasteiger partial charge in [0.2, 0.25) is 5.95 Å². The molecular weight excluding hydrogens is 677 g/mol. The van der Waals surface area contributed by atoms with E-state index in [9.17, 15) is 23.1 Å². The lowest BCUT2D eigenvalue weighted by atomic mass is 9.91. The van der Waals surface area contributed by atoms with Crippen LogP contribution in [0.1, 0.15) is 54.6 Å². The van der Waals surface area contributed by atoms with Crippen LogP contribution >= 0.6 is 0 Å². The Morgan fingerprint density at radius 1 is 1.06 bits per heavy atom. The van der Waals surface area contributed by atoms with Crippen molar-refractivity contribution in [1.82, 2.24) is 39.4 Å². The predicted octanol–water partition coefficient (Wildman–Crippen LogP) is 4.39. The maximum absolute atomic E-state index is 13.5. The highest BCUT2D eigenvalue weighted by atomic mass is 19.4. The summed E-state index contributed by atoms with van der Waals surface area (Å²) in [6, 6.07) is 18.6. The number of aliphatic hydroxyl groups is 1. The van der Waals surface area contributed by atoms with E-state index in [4.69, 9.17) is 14.7 Å². The molecule has 52 heavy (non-hydrogen) atoms. The fraction of sp³-hybridized carbons (Fsp3) is 0.444. The van der Waals surface area contributed by atoms with Crippen LogP contribution in [0.25, 0.3) is 11.2 Å². The average Bonchev–Trinajstić information content (AvgIpc) is 3.95. The first-order valence-corrected chi connectivity index (χ1v) is 17.4. The topological polar surface area (TPSA) is 139 Å². The number of carbonyl (C=O) groups excluding carboxylic acids is 1. The van der Waals surface area contributed by atoms with Crippen LogP contribution in [0.3, 0.4) is 0 Å². The van der Waals surface area contributed by atoms with Gasteiger partial charge in [0.25, 0.3) is 0 Å². The molecule has 2 fully saturated rings. The van der Waals surface area contributed by atoms with Gasteiger partial charge in [0.05, 0.1) is 24.3 Å². The molecule has 7 rings (SSSR count). The van der Waals surface area contributed by atoms with Crippen molar-refractivity contribution in [2.24, 2.45) is 0 Å². The maximum atomic E-state index is 13.5. The number of hydrogen-bond acceptors (Lipinski definition) is 11. The number of likely N-dealkylation sites (N-methyl/N-ethyl adjacent to an activating group) is 1. The van der Waals surface area contributed by atoms with Crippen LogP contribution in [0, 0.1) is 0 Å². The average molecular weight is 719 g/mol. The lowest BCUT2D eigenvalue weighted by Crippen LogP contribution is -2.39. The second-order valence-corrected chi connectivity index (χ2v) is 13.5. The van der Waals surface area contributed by atoms with E-state index < -0.39 is 36.4 Å². The van der Waals surface area contributed by atoms with Crippen LogP contribution in [0.4, 0.5) is 24.9 Å². The molecule has 0 amide bonds. The summed E-state index contributed by atoms with van der Waals surface area (Å²) in [7, 11) is 4.05. The molecule has 274 valence electrons. The number of ether oxygens (including phenoxy) is 1. The van der Waals surface area contributed by atoms with Crippen LogP contribution in [0.5, 0.6) is 0 Å². The molecule has 3 aromatic heterocycles. The summed E-state index contributed by atoms with van der Waals surface area (Å²) in [5.74, 6) is -1.57. The number of hydrogen-bond donors (Lipinski definition) is 2. The first kappa shape index (κ1) is 35.3. The zero-order valence-corrected chi connectivity index (χ0v) is 29.1. The number of rotatable bonds is 11. The van der Waals surface area contributed by atoms with Crippen molar-refractivity contribution in [2.75, 3.05) is 43.9 Å². The highest BCUT2D eigenvalue weighted by Crippen LogP contribution is 2.42. The highest BCUT2D eigenvalue weighted by molar-refractivity contribution is 5.84. The zero-order valence-electron chi connectivity index (χ0n) is 29.1. The number of alkyl halides is 3. The van der Waals surface area contributed by atoms with Gasteiger partial charge in [-0.3, -0.25) is 0 Å². The molecule has 5 aromatic rings. The molecule has 2 N–H and O–H groups in total. The van der Waals surface area contributed by atoms with Gasteiger partial charge in [-0.15, -0.1) is 0 Å². The van der Waals surface area contributed by atoms with Gasteiger partial charge in [0, 0.05) is 31.6 Å². The summed E-state index contributed by atoms with van der Waals surface area (Å²) in [6.45, 7) is 3.70. The summed E-state index contributed by atoms with van der Waals surface area (Å²) < 4.78 is 47.2. The van der Waals surface area contributed by atoms with E-state index in [1.54, 1.807) is 4.57 Å². The summed E-state index contributed by atoms with van der Waals surface area (Å²) in [5, 5.41) is 23.6. The molecule has 2 aromatic carbocycles. The third-order valence-corrected chi connectivity index (χ3v) is 10.1. The molecule has 1 aliphatic heterocycles. The van der Waals surface area contributed by atoms with E-state index in [-0.39, 0.29) is 18.4 Å². The molecule has 0 bridgehead atoms. The van der Waals surface area contributed by atoms with Gasteiger partial charge in [-0.05, 0) is 44.5 Å². The second-order valence-electron chi connectivity index (χ2n) is 13.5. The molecule has 2 aliphatic rings. The Hall–Kier alpha value is -5.09. The van der Waals surface area contributed by atoms with Crippen molar-refractivity contribution >= 4 is 28.9 Å². The van der Waals surface area contributed by atoms with E-state index in [0.717, 1.165) is 17.5 Å². The number of imidazole rings is 1. The van der Waals surface area contributed by atoms with Crippen molar-refractivity contribution in [3.8, 4) is 0 Å². The Morgan fingerprint density at radius 2 is 1.75 bits per heavy atom. The lowest BCUT2D eigenvalue weighted by Gasteiger charge is -2.25. The number of nitrogens with zero attached hydrogens (tertiary/aromatic N) is 9. The Morgan fingerprint density at radius 3 is 2.35 bits per heavy atom. The number of aromatic nitrogens is 7. The van der Waals surface area contributed by atoms with E-state index in [0.29, 0.717) is 54.7 Å². The van der Waals surface area contributed by atoms with Crippen LogP contribution in [0.15, 0.2) is 73.2 Å². The van der Waals surface area contributed by atoms with Gasteiger partial charge in [0.1, 0.15) is 12.1 Å². The molecule has 13 nitrogen and oxygen atoms in total. The molecule has 0 unspecified atom stereocenters. The van der Waals surface area contributed by atoms with Crippen molar-refractivity contribution in [2.45, 2.75) is 68.6 Å². The minimum absolute atomic E-state index is 0.0405. The van der Waals surface area contributed by atoms with Gasteiger partial charge in [-0.25, -0.2) is 9.78 Å². The summed E-state index contributed by atoms with van der Waals surface area (Å²) in [5.41, 5.74) is 3.56. The SMILES string of the molecule is CCc1cnn([C@H]2C[C@@H](n3cnc4c(NCC(c5ccccc5)c5ccccc5)nc(N5CC[C@@H](N(C)C)C5)nc43)[C@H](OC(=O)C(F)(F)F)[C@@H]2O)n1. The van der Waals surface area contributed by atoms with Gasteiger partial charge < -0.3 is 29.5 Å². The Kier molecular flexibility index (Phi) is 9.85. The minimum Gasteiger partial charge on any atom is -0.451 e. The number of carbonyl (C=O) groups is 1. The zero-order chi connectivity index (χ0) is 36.6. The van der Waals surface area contributed by atoms with E-state index in [1.165, 1.54) is 17.3 Å². The van der Waals surface area contributed by atoms with Crippen molar-refractivity contribution in [3.05, 3.63) is 90.0 Å². The van der Waals surface area contributed by atoms with Crippen LogP contribution < -0.4 is 10.2 Å². The largest absolute Gasteiger partial charge is 0.490 e. The summed E-state index contributed by atoms with van der Waals surface area (Å²) in [6.07, 6.45) is -3.93. The Bertz CT molecular complexity index is 1950. The third-order valence-electron chi connectivity index (χ3n) is 10.1. The number of anilines is 2. The molecule has 0 spiro atoms. The number of fused-ring (bicyclic) bond motifs is 1. The summed E-state index contributed by atoms with van der Waals surface area (Å²) >= 11 is 0. The van der Waals surface area contributed by atoms with E-state index in [2.05, 4.69) is 54.6 Å². The van der Waals surface area contributed by atoms with Crippen LogP contribution in [-0.2, 0) is 16.0 Å². The van der Waals surface area contributed by atoms with Crippen molar-refractivity contribution in [1.29, 1.82) is 0 Å². The van der Waals surface area contributed by atoms with Gasteiger partial charge >= 0.3 is 12.1 Å². The smallest absolute Gasteiger partial charge is 0.451 e. The van der Waals surface area contributed by atoms with Gasteiger partial charge in [0.15, 0.2) is 23.1 Å². The quantitative estimate of drug-likeness (QED) is 0.188. The summed E-state index contributed by atoms with van der Waals surface area (Å²) in [4.78, 5) is 32.3. The van der Waals surface area contributed by atoms with E-state index in [1.807, 2.05) is 57.4 Å². The van der Waals surface area contributed by atoms with E-state index >= 15 is 0 Å². The lowest BCUT2D eigenvalue weighted by molar-refractivity contribution is -0.210. The Balaban J connectivity index is 1.30.